The molecule has 0 aromatic heterocycles. The van der Waals surface area contributed by atoms with E-state index in [2.05, 4.69) is 0 Å². The lowest BCUT2D eigenvalue weighted by molar-refractivity contribution is -0.206. The van der Waals surface area contributed by atoms with Gasteiger partial charge in [-0.15, -0.1) is 11.6 Å². The van der Waals surface area contributed by atoms with Crippen molar-refractivity contribution in [2.75, 3.05) is 26.7 Å². The first kappa shape index (κ1) is 10.4. The van der Waals surface area contributed by atoms with Crippen LogP contribution in [0.25, 0.3) is 0 Å². The van der Waals surface area contributed by atoms with E-state index < -0.39 is 5.79 Å². The van der Waals surface area contributed by atoms with E-state index in [0.29, 0.717) is 17.1 Å². The van der Waals surface area contributed by atoms with Crippen LogP contribution in [0, 0.1) is 0 Å². The second kappa shape index (κ2) is 5.09. The van der Waals surface area contributed by atoms with E-state index in [4.69, 9.17) is 25.5 Å². The number of hydrogen-bond donors (Lipinski definition) is 0. The van der Waals surface area contributed by atoms with E-state index in [0.717, 1.165) is 0 Å². The molecule has 0 unspecified atom stereocenters. The fourth-order valence-electron chi connectivity index (χ4n) is 0.569. The molecule has 10 heavy (non-hydrogen) atoms. The molecular weight excluding hydrogens is 172 g/mol. The monoisotopic (exact) mass is 184 g/mol. The smallest absolute Gasteiger partial charge is 0.203 e. The van der Waals surface area contributed by atoms with Gasteiger partial charge in [-0.05, 0) is 0 Å². The van der Waals surface area contributed by atoms with Gasteiger partial charge in [-0.2, -0.15) is 0 Å². The standard InChI is InChI=1S/C5H13ClO3Si/c1-7-5(3-6,8-2)4-9-10/h3-4H2,1-2,10H3. The van der Waals surface area contributed by atoms with Crippen molar-refractivity contribution in [3.63, 3.8) is 0 Å². The minimum atomic E-state index is -0.747. The molecule has 0 radical (unpaired) electrons. The summed E-state index contributed by atoms with van der Waals surface area (Å²) in [6.45, 7) is 0.399. The van der Waals surface area contributed by atoms with Crippen LogP contribution in [0.1, 0.15) is 0 Å². The van der Waals surface area contributed by atoms with Crippen LogP contribution in [0.2, 0.25) is 0 Å². The molecule has 0 aromatic carbocycles. The fourth-order valence-corrected chi connectivity index (χ4v) is 1.30. The largest absolute Gasteiger partial charge is 0.422 e. The maximum absolute atomic E-state index is 5.59. The van der Waals surface area contributed by atoms with Gasteiger partial charge in [0, 0.05) is 14.2 Å². The highest BCUT2D eigenvalue weighted by Crippen LogP contribution is 2.12. The summed E-state index contributed by atoms with van der Waals surface area (Å²) in [6.07, 6.45) is 0. The van der Waals surface area contributed by atoms with Crippen LogP contribution >= 0.6 is 11.6 Å². The summed E-state index contributed by atoms with van der Waals surface area (Å²) in [5.41, 5.74) is 0. The number of alkyl halides is 1. The lowest BCUT2D eigenvalue weighted by Gasteiger charge is -2.27. The van der Waals surface area contributed by atoms with Crippen molar-refractivity contribution in [1.82, 2.24) is 0 Å². The van der Waals surface area contributed by atoms with Gasteiger partial charge < -0.3 is 13.9 Å². The average Bonchev–Trinajstić information content (AvgIpc) is 2.01. The summed E-state index contributed by atoms with van der Waals surface area (Å²) in [4.78, 5) is 0. The molecule has 0 aliphatic rings. The molecule has 0 fully saturated rings. The van der Waals surface area contributed by atoms with Gasteiger partial charge in [0.2, 0.25) is 5.79 Å². The molecule has 5 heteroatoms. The molecule has 0 N–H and O–H groups in total. The van der Waals surface area contributed by atoms with Gasteiger partial charge in [0.25, 0.3) is 0 Å². The highest BCUT2D eigenvalue weighted by atomic mass is 35.5. The van der Waals surface area contributed by atoms with Crippen LogP contribution in [0.4, 0.5) is 0 Å². The van der Waals surface area contributed by atoms with Crippen LogP contribution in [-0.2, 0) is 13.9 Å². The summed E-state index contributed by atoms with van der Waals surface area (Å²) in [6, 6.07) is 0. The van der Waals surface area contributed by atoms with Gasteiger partial charge in [0.1, 0.15) is 10.5 Å². The molecule has 0 heterocycles. The van der Waals surface area contributed by atoms with Gasteiger partial charge in [-0.25, -0.2) is 0 Å². The van der Waals surface area contributed by atoms with Crippen LogP contribution < -0.4 is 0 Å². The number of rotatable bonds is 5. The van der Waals surface area contributed by atoms with E-state index in [-0.39, 0.29) is 5.88 Å². The van der Waals surface area contributed by atoms with Crippen molar-refractivity contribution in [2.24, 2.45) is 0 Å². The number of methoxy groups -OCH3 is 2. The summed E-state index contributed by atoms with van der Waals surface area (Å²) >= 11 is 5.59. The van der Waals surface area contributed by atoms with E-state index in [1.165, 1.54) is 0 Å². The van der Waals surface area contributed by atoms with Crippen molar-refractivity contribution in [3.05, 3.63) is 0 Å². The zero-order chi connectivity index (χ0) is 8.04. The molecule has 3 nitrogen and oxygen atoms in total. The van der Waals surface area contributed by atoms with Crippen molar-refractivity contribution >= 4 is 22.1 Å². The summed E-state index contributed by atoms with van der Waals surface area (Å²) < 4.78 is 15.0. The lowest BCUT2D eigenvalue weighted by Crippen LogP contribution is -2.40. The van der Waals surface area contributed by atoms with Gasteiger partial charge in [-0.1, -0.05) is 0 Å². The van der Waals surface area contributed by atoms with Gasteiger partial charge >= 0.3 is 0 Å². The van der Waals surface area contributed by atoms with Crippen LogP contribution in [0.3, 0.4) is 0 Å². The third-order valence-electron chi connectivity index (χ3n) is 1.31. The zero-order valence-electron chi connectivity index (χ0n) is 6.52. The molecule has 0 amide bonds. The zero-order valence-corrected chi connectivity index (χ0v) is 9.27. The van der Waals surface area contributed by atoms with E-state index in [1.54, 1.807) is 14.2 Å². The topological polar surface area (TPSA) is 27.7 Å². The third-order valence-corrected chi connectivity index (χ3v) is 2.01. The Labute approximate surface area is 69.1 Å². The first-order valence-electron chi connectivity index (χ1n) is 2.90. The van der Waals surface area contributed by atoms with Gasteiger partial charge in [-0.3, -0.25) is 0 Å². The molecule has 0 saturated heterocycles. The minimum absolute atomic E-state index is 0.280. The number of hydrogen-bond acceptors (Lipinski definition) is 3. The molecule has 0 saturated carbocycles. The highest BCUT2D eigenvalue weighted by molar-refractivity contribution is 6.18. The Hall–Kier alpha value is 0.387. The molecule has 0 spiro atoms. The SMILES string of the molecule is COC(CCl)(CO[SiH3])OC. The van der Waals surface area contributed by atoms with Gasteiger partial charge in [0.15, 0.2) is 0 Å². The summed E-state index contributed by atoms with van der Waals surface area (Å²) in [7, 11) is 3.76. The maximum atomic E-state index is 5.59. The molecule has 0 aliphatic carbocycles. The lowest BCUT2D eigenvalue weighted by atomic mass is 10.3. The Morgan fingerprint density at radius 1 is 1.40 bits per heavy atom. The summed E-state index contributed by atoms with van der Waals surface area (Å²) in [5, 5.41) is 0. The molecule has 0 bridgehead atoms. The molecule has 62 valence electrons. The average molecular weight is 185 g/mol. The third kappa shape index (κ3) is 2.55. The van der Waals surface area contributed by atoms with Crippen LogP contribution in [-0.4, -0.2) is 43.0 Å². The highest BCUT2D eigenvalue weighted by Gasteiger charge is 2.27. The van der Waals surface area contributed by atoms with E-state index in [9.17, 15) is 0 Å². The Bertz CT molecular complexity index is 78.7. The molecule has 0 atom stereocenters. The van der Waals surface area contributed by atoms with Crippen molar-refractivity contribution in [1.29, 1.82) is 0 Å². The predicted molar refractivity (Wildman–Crippen MR) is 43.4 cm³/mol. The number of halogens is 1. The Balaban J connectivity index is 3.87. The van der Waals surface area contributed by atoms with Crippen molar-refractivity contribution in [2.45, 2.75) is 5.79 Å². The van der Waals surface area contributed by atoms with Crippen molar-refractivity contribution < 1.29 is 13.9 Å². The predicted octanol–water partition coefficient (Wildman–Crippen LogP) is -0.489. The second-order valence-corrected chi connectivity index (χ2v) is 2.73. The summed E-state index contributed by atoms with van der Waals surface area (Å²) in [5.74, 6) is -0.467. The quantitative estimate of drug-likeness (QED) is 0.328. The van der Waals surface area contributed by atoms with Crippen LogP contribution in [0.5, 0.6) is 0 Å². The van der Waals surface area contributed by atoms with E-state index >= 15 is 0 Å². The molecule has 0 aliphatic heterocycles. The van der Waals surface area contributed by atoms with Crippen LogP contribution in [0.15, 0.2) is 0 Å². The number of ether oxygens (including phenoxy) is 2. The van der Waals surface area contributed by atoms with Gasteiger partial charge in [0.05, 0.1) is 12.5 Å². The van der Waals surface area contributed by atoms with Crippen molar-refractivity contribution in [3.8, 4) is 0 Å². The first-order chi connectivity index (χ1) is 4.74. The minimum Gasteiger partial charge on any atom is -0.422 e. The Kier molecular flexibility index (Phi) is 5.29. The Morgan fingerprint density at radius 3 is 2.00 bits per heavy atom. The molecule has 0 aromatic rings. The van der Waals surface area contributed by atoms with E-state index in [1.807, 2.05) is 0 Å². The Morgan fingerprint density at radius 2 is 1.90 bits per heavy atom. The first-order valence-corrected chi connectivity index (χ1v) is 4.25. The fraction of sp³-hybridized carbons (Fsp3) is 1.00. The molecule has 0 rings (SSSR count). The molecular formula is C5H13ClO3Si. The normalized spacial score (nSPS) is 12.3. The second-order valence-electron chi connectivity index (χ2n) is 1.89. The maximum Gasteiger partial charge on any atom is 0.203 e.